The number of nitrogens with two attached hydrogens (primary N) is 1. The molecule has 1 heterocycles. The summed E-state index contributed by atoms with van der Waals surface area (Å²) in [4.78, 5) is 17.8. The molecular weight excluding hydrogens is 270 g/mol. The summed E-state index contributed by atoms with van der Waals surface area (Å²) in [6, 6.07) is 5.28. The second-order valence-corrected chi connectivity index (χ2v) is 4.18. The van der Waals surface area contributed by atoms with E-state index in [-0.39, 0.29) is 17.3 Å². The van der Waals surface area contributed by atoms with Gasteiger partial charge in [0.2, 0.25) is 11.6 Å². The highest BCUT2D eigenvalue weighted by Gasteiger charge is 2.21. The molecule has 0 saturated heterocycles. The van der Waals surface area contributed by atoms with Crippen LogP contribution in [-0.4, -0.2) is 14.9 Å². The third-order valence-corrected chi connectivity index (χ3v) is 2.81. The minimum Gasteiger partial charge on any atom is -0.378 e. The van der Waals surface area contributed by atoms with Crippen molar-refractivity contribution in [3.8, 4) is 0 Å². The number of para-hydroxylation sites is 1. The summed E-state index contributed by atoms with van der Waals surface area (Å²) >= 11 is 6.04. The first-order valence-electron chi connectivity index (χ1n) is 5.27. The first kappa shape index (κ1) is 13.0. The van der Waals surface area contributed by atoms with Gasteiger partial charge in [-0.15, -0.1) is 0 Å². The van der Waals surface area contributed by atoms with Crippen molar-refractivity contribution in [2.75, 3.05) is 11.1 Å². The van der Waals surface area contributed by atoms with Gasteiger partial charge in [-0.05, 0) is 18.6 Å². The third-order valence-electron chi connectivity index (χ3n) is 2.50. The number of anilines is 3. The number of rotatable bonds is 3. The van der Waals surface area contributed by atoms with E-state index < -0.39 is 4.92 Å². The summed E-state index contributed by atoms with van der Waals surface area (Å²) in [5, 5.41) is 14.2. The molecule has 0 spiro atoms. The van der Waals surface area contributed by atoms with Gasteiger partial charge in [0.1, 0.15) is 6.33 Å². The van der Waals surface area contributed by atoms with Crippen LogP contribution < -0.4 is 11.1 Å². The molecule has 2 aromatic rings. The molecule has 2 rings (SSSR count). The number of hydrogen-bond acceptors (Lipinski definition) is 6. The van der Waals surface area contributed by atoms with Gasteiger partial charge in [-0.25, -0.2) is 9.97 Å². The second kappa shape index (κ2) is 5.07. The molecule has 0 aliphatic carbocycles. The van der Waals surface area contributed by atoms with E-state index in [0.717, 1.165) is 11.9 Å². The fourth-order valence-corrected chi connectivity index (χ4v) is 1.84. The Hall–Kier alpha value is -2.41. The highest BCUT2D eigenvalue weighted by Crippen LogP contribution is 2.33. The van der Waals surface area contributed by atoms with Gasteiger partial charge < -0.3 is 11.1 Å². The fourth-order valence-electron chi connectivity index (χ4n) is 1.57. The van der Waals surface area contributed by atoms with Crippen LogP contribution in [0, 0.1) is 17.0 Å². The Morgan fingerprint density at radius 3 is 2.79 bits per heavy atom. The molecule has 7 nitrogen and oxygen atoms in total. The zero-order valence-corrected chi connectivity index (χ0v) is 10.7. The van der Waals surface area contributed by atoms with Crippen LogP contribution in [0.3, 0.4) is 0 Å². The summed E-state index contributed by atoms with van der Waals surface area (Å²) in [7, 11) is 0. The number of halogens is 1. The van der Waals surface area contributed by atoms with Gasteiger partial charge in [0.05, 0.1) is 15.6 Å². The van der Waals surface area contributed by atoms with E-state index in [2.05, 4.69) is 15.3 Å². The Labute approximate surface area is 113 Å². The smallest absolute Gasteiger partial charge is 0.353 e. The molecule has 1 aromatic carbocycles. The molecule has 0 fully saturated rings. The molecule has 19 heavy (non-hydrogen) atoms. The van der Waals surface area contributed by atoms with Gasteiger partial charge in [-0.1, -0.05) is 23.7 Å². The van der Waals surface area contributed by atoms with Crippen LogP contribution in [0.1, 0.15) is 5.56 Å². The average Bonchev–Trinajstić information content (AvgIpc) is 2.33. The molecule has 0 radical (unpaired) electrons. The molecule has 0 aliphatic rings. The Morgan fingerprint density at radius 2 is 2.16 bits per heavy atom. The van der Waals surface area contributed by atoms with E-state index in [9.17, 15) is 10.1 Å². The van der Waals surface area contributed by atoms with Crippen molar-refractivity contribution in [3.63, 3.8) is 0 Å². The first-order chi connectivity index (χ1) is 9.00. The standard InChI is InChI=1S/C11H10ClN5O2/c1-6-3-2-4-7(12)8(6)16-11-9(17(18)19)10(13)14-5-15-11/h2-5H,1H3,(H3,13,14,15,16). The summed E-state index contributed by atoms with van der Waals surface area (Å²) in [6.07, 6.45) is 1.15. The van der Waals surface area contributed by atoms with E-state index in [1.54, 1.807) is 12.1 Å². The van der Waals surface area contributed by atoms with E-state index in [1.807, 2.05) is 13.0 Å². The molecule has 0 amide bonds. The molecule has 1 aromatic heterocycles. The first-order valence-corrected chi connectivity index (χ1v) is 5.65. The Morgan fingerprint density at radius 1 is 1.42 bits per heavy atom. The SMILES string of the molecule is Cc1cccc(Cl)c1Nc1ncnc(N)c1[N+](=O)[O-]. The van der Waals surface area contributed by atoms with Crippen molar-refractivity contribution >= 4 is 34.6 Å². The quantitative estimate of drug-likeness (QED) is 0.661. The number of nitrogens with one attached hydrogen (secondary N) is 1. The number of benzene rings is 1. The lowest BCUT2D eigenvalue weighted by molar-refractivity contribution is -0.383. The third kappa shape index (κ3) is 2.55. The topological polar surface area (TPSA) is 107 Å². The summed E-state index contributed by atoms with van der Waals surface area (Å²) in [5.41, 5.74) is 6.49. The number of aryl methyl sites for hydroxylation is 1. The van der Waals surface area contributed by atoms with E-state index in [1.165, 1.54) is 0 Å². The summed E-state index contributed by atoms with van der Waals surface area (Å²) in [5.74, 6) is -0.194. The molecular formula is C11H10ClN5O2. The second-order valence-electron chi connectivity index (χ2n) is 3.77. The van der Waals surface area contributed by atoms with Gasteiger partial charge >= 0.3 is 5.69 Å². The fraction of sp³-hybridized carbons (Fsp3) is 0.0909. The van der Waals surface area contributed by atoms with Crippen molar-refractivity contribution in [1.29, 1.82) is 0 Å². The zero-order chi connectivity index (χ0) is 14.0. The van der Waals surface area contributed by atoms with E-state index in [0.29, 0.717) is 10.7 Å². The van der Waals surface area contributed by atoms with Gasteiger partial charge in [0.15, 0.2) is 0 Å². The van der Waals surface area contributed by atoms with Crippen molar-refractivity contribution in [3.05, 3.63) is 45.2 Å². The lowest BCUT2D eigenvalue weighted by atomic mass is 10.2. The summed E-state index contributed by atoms with van der Waals surface area (Å²) in [6.45, 7) is 1.82. The van der Waals surface area contributed by atoms with Crippen LogP contribution >= 0.6 is 11.6 Å². The lowest BCUT2D eigenvalue weighted by Gasteiger charge is -2.10. The number of aromatic nitrogens is 2. The molecule has 98 valence electrons. The van der Waals surface area contributed by atoms with Crippen LogP contribution in [0.25, 0.3) is 0 Å². The van der Waals surface area contributed by atoms with Gasteiger partial charge in [0, 0.05) is 0 Å². The molecule has 8 heteroatoms. The largest absolute Gasteiger partial charge is 0.378 e. The molecule has 0 unspecified atom stereocenters. The van der Waals surface area contributed by atoms with Crippen LogP contribution in [0.15, 0.2) is 24.5 Å². The highest BCUT2D eigenvalue weighted by molar-refractivity contribution is 6.33. The van der Waals surface area contributed by atoms with Gasteiger partial charge in [-0.3, -0.25) is 10.1 Å². The number of nitrogen functional groups attached to an aromatic ring is 1. The number of nitrogens with zero attached hydrogens (tertiary/aromatic N) is 3. The predicted octanol–water partition coefficient (Wildman–Crippen LogP) is 2.67. The average molecular weight is 280 g/mol. The molecule has 0 atom stereocenters. The Bertz CT molecular complexity index is 627. The molecule has 0 bridgehead atoms. The van der Waals surface area contributed by atoms with Crippen molar-refractivity contribution in [2.45, 2.75) is 6.92 Å². The maximum Gasteiger partial charge on any atom is 0.353 e. The van der Waals surface area contributed by atoms with Gasteiger partial charge in [0.25, 0.3) is 0 Å². The minimum absolute atomic E-state index is 0.00806. The molecule has 3 N–H and O–H groups in total. The highest BCUT2D eigenvalue weighted by atomic mass is 35.5. The Balaban J connectivity index is 2.50. The number of nitro groups is 1. The predicted molar refractivity (Wildman–Crippen MR) is 72.6 cm³/mol. The van der Waals surface area contributed by atoms with Crippen molar-refractivity contribution < 1.29 is 4.92 Å². The van der Waals surface area contributed by atoms with Gasteiger partial charge in [-0.2, -0.15) is 0 Å². The van der Waals surface area contributed by atoms with E-state index >= 15 is 0 Å². The molecule has 0 aliphatic heterocycles. The Kier molecular flexibility index (Phi) is 3.48. The zero-order valence-electron chi connectivity index (χ0n) is 9.92. The maximum absolute atomic E-state index is 11.0. The van der Waals surface area contributed by atoms with Crippen molar-refractivity contribution in [1.82, 2.24) is 9.97 Å². The normalized spacial score (nSPS) is 10.2. The monoisotopic (exact) mass is 279 g/mol. The lowest BCUT2D eigenvalue weighted by Crippen LogP contribution is -2.05. The number of hydrogen-bond donors (Lipinski definition) is 2. The summed E-state index contributed by atoms with van der Waals surface area (Å²) < 4.78 is 0. The van der Waals surface area contributed by atoms with E-state index in [4.69, 9.17) is 17.3 Å². The maximum atomic E-state index is 11.0. The van der Waals surface area contributed by atoms with Crippen LogP contribution in [0.5, 0.6) is 0 Å². The van der Waals surface area contributed by atoms with Crippen LogP contribution in [0.2, 0.25) is 5.02 Å². The van der Waals surface area contributed by atoms with Crippen molar-refractivity contribution in [2.24, 2.45) is 0 Å². The minimum atomic E-state index is -0.635. The molecule has 0 saturated carbocycles. The van der Waals surface area contributed by atoms with Crippen LogP contribution in [-0.2, 0) is 0 Å². The van der Waals surface area contributed by atoms with Crippen LogP contribution in [0.4, 0.5) is 23.0 Å².